The molecule has 0 bridgehead atoms. The largest absolute Gasteiger partial charge is 0.491 e. The summed E-state index contributed by atoms with van der Waals surface area (Å²) in [4.78, 5) is 59.6. The van der Waals surface area contributed by atoms with Crippen LogP contribution in [0, 0.1) is 0 Å². The van der Waals surface area contributed by atoms with Crippen molar-refractivity contribution >= 4 is 29.8 Å². The molecule has 1 fully saturated rings. The zero-order valence-corrected chi connectivity index (χ0v) is 32.8. The van der Waals surface area contributed by atoms with Gasteiger partial charge in [-0.3, -0.25) is 0 Å². The molecule has 2 unspecified atom stereocenters. The van der Waals surface area contributed by atoms with E-state index in [1.165, 1.54) is 0 Å². The van der Waals surface area contributed by atoms with Crippen molar-refractivity contribution in [3.05, 3.63) is 97.6 Å². The van der Waals surface area contributed by atoms with Gasteiger partial charge in [-0.05, 0) is 99.9 Å². The Morgan fingerprint density at radius 2 is 0.983 bits per heavy atom. The average Bonchev–Trinajstić information content (AvgIpc) is 3.24. The van der Waals surface area contributed by atoms with E-state index in [9.17, 15) is 29.1 Å². The standard InChI is InChI=1S/C43H54O15/c1-4-39(45)52-25-9-7-23-50-27-33(44)28-54-34-15-11-31(12-16-34)42(48)57-36-19-21-37(22-20-36)58-43(49)32-13-17-35(18-14-32)55-30-38(56-41(47)6-3)29-51-24-8-10-26-53-40(46)5-2/h4-6,11-18,33,36-38,44H,1-3,7-10,19-30H2. The number of rotatable bonds is 28. The van der Waals surface area contributed by atoms with Gasteiger partial charge in [0.1, 0.15) is 43.0 Å². The first kappa shape index (κ1) is 46.9. The maximum atomic E-state index is 12.9. The SMILES string of the molecule is C=CC(=O)OCCCCOCC(O)COc1ccc(C(=O)OC2CCC(OC(=O)c3ccc(OCC(COCCCCOC(=O)C=C)OC(=O)C=C)cc3)CC2)cc1. The maximum Gasteiger partial charge on any atom is 0.338 e. The molecule has 0 amide bonds. The minimum Gasteiger partial charge on any atom is -0.491 e. The van der Waals surface area contributed by atoms with E-state index in [1.807, 2.05) is 0 Å². The molecule has 0 heterocycles. The predicted octanol–water partition coefficient (Wildman–Crippen LogP) is 5.28. The molecule has 1 aliphatic rings. The Morgan fingerprint density at radius 3 is 1.43 bits per heavy atom. The lowest BCUT2D eigenvalue weighted by Crippen LogP contribution is -2.30. The van der Waals surface area contributed by atoms with Gasteiger partial charge in [0.2, 0.25) is 0 Å². The Kier molecular flexibility index (Phi) is 22.0. The van der Waals surface area contributed by atoms with Crippen LogP contribution >= 0.6 is 0 Å². The number of aliphatic hydroxyl groups is 1. The fraction of sp³-hybridized carbons (Fsp3) is 0.465. The zero-order valence-electron chi connectivity index (χ0n) is 32.8. The summed E-state index contributed by atoms with van der Waals surface area (Å²) in [5, 5.41) is 10.1. The topological polar surface area (TPSA) is 189 Å². The second kappa shape index (κ2) is 27.2. The third kappa shape index (κ3) is 19.1. The lowest BCUT2D eigenvalue weighted by molar-refractivity contribution is -0.148. The van der Waals surface area contributed by atoms with E-state index < -0.39 is 42.1 Å². The first-order chi connectivity index (χ1) is 28.1. The van der Waals surface area contributed by atoms with Crippen LogP contribution in [0.15, 0.2) is 86.5 Å². The molecule has 2 atom stereocenters. The van der Waals surface area contributed by atoms with Crippen LogP contribution in [0.1, 0.15) is 72.1 Å². The van der Waals surface area contributed by atoms with E-state index in [4.69, 9.17) is 42.6 Å². The van der Waals surface area contributed by atoms with Crippen molar-refractivity contribution in [2.24, 2.45) is 0 Å². The number of aliphatic hydroxyl groups excluding tert-OH is 1. The molecule has 1 N–H and O–H groups in total. The van der Waals surface area contributed by atoms with Gasteiger partial charge in [0, 0.05) is 31.4 Å². The Labute approximate surface area is 338 Å². The summed E-state index contributed by atoms with van der Waals surface area (Å²) in [5.41, 5.74) is 0.695. The number of hydrogen-bond donors (Lipinski definition) is 1. The van der Waals surface area contributed by atoms with Gasteiger partial charge in [0.15, 0.2) is 6.10 Å². The smallest absolute Gasteiger partial charge is 0.338 e. The quantitative estimate of drug-likeness (QED) is 0.0506. The molecule has 316 valence electrons. The molecule has 15 nitrogen and oxygen atoms in total. The Balaban J connectivity index is 1.31. The molecule has 1 aliphatic carbocycles. The zero-order chi connectivity index (χ0) is 42.0. The van der Waals surface area contributed by atoms with Crippen molar-refractivity contribution in [1.82, 2.24) is 0 Å². The minimum absolute atomic E-state index is 0.00199. The number of carbonyl (C=O) groups is 5. The summed E-state index contributed by atoms with van der Waals surface area (Å²) in [6, 6.07) is 12.8. The first-order valence-corrected chi connectivity index (χ1v) is 19.2. The van der Waals surface area contributed by atoms with E-state index in [2.05, 4.69) is 19.7 Å². The minimum atomic E-state index is -0.848. The van der Waals surface area contributed by atoms with Crippen LogP contribution in [-0.4, -0.2) is 112 Å². The van der Waals surface area contributed by atoms with Gasteiger partial charge >= 0.3 is 29.8 Å². The van der Waals surface area contributed by atoms with Crippen molar-refractivity contribution in [3.63, 3.8) is 0 Å². The number of carbonyl (C=O) groups excluding carboxylic acids is 5. The third-order valence-corrected chi connectivity index (χ3v) is 8.48. The second-order valence-electron chi connectivity index (χ2n) is 13.1. The van der Waals surface area contributed by atoms with Crippen LogP contribution in [0.4, 0.5) is 0 Å². The Bertz CT molecular complexity index is 1600. The van der Waals surface area contributed by atoms with Gasteiger partial charge in [0.25, 0.3) is 0 Å². The van der Waals surface area contributed by atoms with Gasteiger partial charge < -0.3 is 47.7 Å². The van der Waals surface area contributed by atoms with Crippen LogP contribution in [0.3, 0.4) is 0 Å². The third-order valence-electron chi connectivity index (χ3n) is 8.48. The molecule has 1 saturated carbocycles. The van der Waals surface area contributed by atoms with E-state index in [0.717, 1.165) is 18.2 Å². The molecule has 0 aliphatic heterocycles. The monoisotopic (exact) mass is 810 g/mol. The predicted molar refractivity (Wildman–Crippen MR) is 209 cm³/mol. The molecule has 0 aromatic heterocycles. The molecule has 0 saturated heterocycles. The molecule has 0 radical (unpaired) electrons. The van der Waals surface area contributed by atoms with E-state index >= 15 is 0 Å². The van der Waals surface area contributed by atoms with E-state index in [1.54, 1.807) is 48.5 Å². The van der Waals surface area contributed by atoms with Gasteiger partial charge in [-0.25, -0.2) is 24.0 Å². The molecule has 0 spiro atoms. The molecule has 2 aromatic rings. The normalized spacial score (nSPS) is 15.7. The van der Waals surface area contributed by atoms with Crippen LogP contribution in [0.5, 0.6) is 11.5 Å². The van der Waals surface area contributed by atoms with Gasteiger partial charge in [-0.2, -0.15) is 0 Å². The summed E-state index contributed by atoms with van der Waals surface area (Å²) < 4.78 is 49.0. The lowest BCUT2D eigenvalue weighted by atomic mass is 9.95. The molecular formula is C43H54O15. The summed E-state index contributed by atoms with van der Waals surface area (Å²) in [7, 11) is 0. The van der Waals surface area contributed by atoms with Crippen molar-refractivity contribution in [3.8, 4) is 11.5 Å². The van der Waals surface area contributed by atoms with E-state index in [-0.39, 0.29) is 51.8 Å². The summed E-state index contributed by atoms with van der Waals surface area (Å²) >= 11 is 0. The van der Waals surface area contributed by atoms with Crippen molar-refractivity contribution < 1.29 is 71.7 Å². The van der Waals surface area contributed by atoms with Crippen molar-refractivity contribution in [2.75, 3.05) is 52.9 Å². The van der Waals surface area contributed by atoms with Crippen molar-refractivity contribution in [1.29, 1.82) is 0 Å². The first-order valence-electron chi connectivity index (χ1n) is 19.2. The highest BCUT2D eigenvalue weighted by atomic mass is 16.6. The summed E-state index contributed by atoms with van der Waals surface area (Å²) in [5.74, 6) is -1.61. The second-order valence-corrected chi connectivity index (χ2v) is 13.1. The molecule has 15 heteroatoms. The number of benzene rings is 2. The highest BCUT2D eigenvalue weighted by Gasteiger charge is 2.27. The number of esters is 5. The summed E-state index contributed by atoms with van der Waals surface area (Å²) in [6.45, 7) is 11.5. The van der Waals surface area contributed by atoms with Crippen molar-refractivity contribution in [2.45, 2.75) is 75.8 Å². The highest BCUT2D eigenvalue weighted by molar-refractivity contribution is 5.90. The Hall–Kier alpha value is -5.51. The lowest BCUT2D eigenvalue weighted by Gasteiger charge is -2.28. The molecule has 58 heavy (non-hydrogen) atoms. The van der Waals surface area contributed by atoms with Gasteiger partial charge in [-0.1, -0.05) is 19.7 Å². The molecular weight excluding hydrogens is 756 g/mol. The summed E-state index contributed by atoms with van der Waals surface area (Å²) in [6.07, 6.45) is 5.72. The fourth-order valence-electron chi connectivity index (χ4n) is 5.35. The Morgan fingerprint density at radius 1 is 0.569 bits per heavy atom. The average molecular weight is 811 g/mol. The van der Waals surface area contributed by atoms with Crippen LogP contribution < -0.4 is 9.47 Å². The molecule has 3 rings (SSSR count). The molecule has 2 aromatic carbocycles. The fourth-order valence-corrected chi connectivity index (χ4v) is 5.35. The van der Waals surface area contributed by atoms with E-state index in [0.29, 0.717) is 87.2 Å². The number of unbranched alkanes of at least 4 members (excludes halogenated alkanes) is 2. The number of ether oxygens (including phenoxy) is 9. The van der Waals surface area contributed by atoms with Gasteiger partial charge in [-0.15, -0.1) is 0 Å². The van der Waals surface area contributed by atoms with Crippen LogP contribution in [0.25, 0.3) is 0 Å². The maximum absolute atomic E-state index is 12.9. The highest BCUT2D eigenvalue weighted by Crippen LogP contribution is 2.26. The number of hydrogen-bond acceptors (Lipinski definition) is 15. The van der Waals surface area contributed by atoms with Crippen LogP contribution in [-0.2, 0) is 47.5 Å². The van der Waals surface area contributed by atoms with Gasteiger partial charge in [0.05, 0.1) is 37.6 Å². The van der Waals surface area contributed by atoms with Crippen LogP contribution in [0.2, 0.25) is 0 Å².